The van der Waals surface area contributed by atoms with Gasteiger partial charge in [-0.2, -0.15) is 0 Å². The average molecular weight is 512 g/mol. The molecule has 0 saturated heterocycles. The van der Waals surface area contributed by atoms with Crippen LogP contribution in [0.3, 0.4) is 0 Å². The van der Waals surface area contributed by atoms with E-state index in [9.17, 15) is 9.59 Å². The van der Waals surface area contributed by atoms with Gasteiger partial charge in [0, 0.05) is 36.7 Å². The summed E-state index contributed by atoms with van der Waals surface area (Å²) in [6, 6.07) is 28.0. The zero-order valence-corrected chi connectivity index (χ0v) is 22.1. The lowest BCUT2D eigenvalue weighted by Gasteiger charge is -2.28. The molecule has 3 aromatic carbocycles. The summed E-state index contributed by atoms with van der Waals surface area (Å²) < 4.78 is 5.70. The van der Waals surface area contributed by atoms with E-state index < -0.39 is 0 Å². The van der Waals surface area contributed by atoms with E-state index in [-0.39, 0.29) is 25.0 Å². The second-order valence-corrected chi connectivity index (χ2v) is 9.56. The minimum absolute atomic E-state index is 0.0418. The van der Waals surface area contributed by atoms with Crippen molar-refractivity contribution in [3.8, 4) is 0 Å². The fourth-order valence-electron chi connectivity index (χ4n) is 4.52. The number of hydrogen-bond acceptors (Lipinski definition) is 3. The van der Waals surface area contributed by atoms with Crippen LogP contribution in [0, 0.1) is 0 Å². The Morgan fingerprint density at radius 3 is 2.21 bits per heavy atom. The highest BCUT2D eigenvalue weighted by atomic mass is 16.5. The standard InChI is InChI=1S/C32H37N3O3/c1-2-3-19-34(32(37)25-38-24-27-14-8-5-9-15-27)23-31(36)35(22-26-12-6-4-7-13-26)20-18-28-21-33-30-17-11-10-16-29(28)30/h4-17,21,33H,2-3,18-20,22-25H2,1H3. The van der Waals surface area contributed by atoms with Crippen molar-refractivity contribution in [2.45, 2.75) is 39.3 Å². The van der Waals surface area contributed by atoms with E-state index in [2.05, 4.69) is 24.0 Å². The van der Waals surface area contributed by atoms with Gasteiger partial charge in [-0.15, -0.1) is 0 Å². The summed E-state index contributed by atoms with van der Waals surface area (Å²) in [5, 5.41) is 1.18. The number of nitrogens with one attached hydrogen (secondary N) is 1. The number of aromatic nitrogens is 1. The molecular formula is C32H37N3O3. The van der Waals surface area contributed by atoms with Gasteiger partial charge in [-0.1, -0.05) is 92.2 Å². The fourth-order valence-corrected chi connectivity index (χ4v) is 4.52. The lowest BCUT2D eigenvalue weighted by molar-refractivity contribution is -0.143. The predicted molar refractivity (Wildman–Crippen MR) is 151 cm³/mol. The molecule has 6 heteroatoms. The number of para-hydroxylation sites is 1. The molecule has 0 fully saturated rings. The third kappa shape index (κ3) is 7.80. The maximum atomic E-state index is 13.6. The molecule has 0 radical (unpaired) electrons. The highest BCUT2D eigenvalue weighted by molar-refractivity contribution is 5.86. The van der Waals surface area contributed by atoms with Crippen molar-refractivity contribution >= 4 is 22.7 Å². The van der Waals surface area contributed by atoms with Crippen LogP contribution in [0.25, 0.3) is 10.9 Å². The molecule has 0 saturated carbocycles. The number of carbonyl (C=O) groups excluding carboxylic acids is 2. The Morgan fingerprint density at radius 2 is 1.47 bits per heavy atom. The largest absolute Gasteiger partial charge is 0.367 e. The van der Waals surface area contributed by atoms with Gasteiger partial charge >= 0.3 is 0 Å². The zero-order valence-electron chi connectivity index (χ0n) is 22.1. The smallest absolute Gasteiger partial charge is 0.249 e. The number of ether oxygens (including phenoxy) is 1. The van der Waals surface area contributed by atoms with Crippen LogP contribution < -0.4 is 0 Å². The van der Waals surface area contributed by atoms with E-state index in [1.807, 2.05) is 83.9 Å². The Labute approximate surface area is 225 Å². The average Bonchev–Trinajstić information content (AvgIpc) is 3.37. The highest BCUT2D eigenvalue weighted by Gasteiger charge is 2.22. The summed E-state index contributed by atoms with van der Waals surface area (Å²) in [6.07, 6.45) is 4.53. The second kappa shape index (κ2) is 14.1. The Bertz CT molecular complexity index is 1290. The lowest BCUT2D eigenvalue weighted by Crippen LogP contribution is -2.44. The molecule has 0 aliphatic carbocycles. The number of hydrogen-bond donors (Lipinski definition) is 1. The quantitative estimate of drug-likeness (QED) is 0.240. The minimum atomic E-state index is -0.154. The Balaban J connectivity index is 1.42. The van der Waals surface area contributed by atoms with Crippen LogP contribution in [0.5, 0.6) is 0 Å². The van der Waals surface area contributed by atoms with Crippen molar-refractivity contribution < 1.29 is 14.3 Å². The molecule has 1 N–H and O–H groups in total. The number of aromatic amines is 1. The number of benzene rings is 3. The maximum Gasteiger partial charge on any atom is 0.249 e. The number of carbonyl (C=O) groups is 2. The van der Waals surface area contributed by atoms with Crippen molar-refractivity contribution in [1.82, 2.24) is 14.8 Å². The molecule has 0 spiro atoms. The van der Waals surface area contributed by atoms with Crippen molar-refractivity contribution in [2.75, 3.05) is 26.2 Å². The summed E-state index contributed by atoms with van der Waals surface area (Å²) in [7, 11) is 0. The lowest BCUT2D eigenvalue weighted by atomic mass is 10.1. The van der Waals surface area contributed by atoms with Crippen LogP contribution in [0.2, 0.25) is 0 Å². The number of unbranched alkanes of at least 4 members (excludes halogenated alkanes) is 1. The van der Waals surface area contributed by atoms with Crippen LogP contribution in [0.1, 0.15) is 36.5 Å². The van der Waals surface area contributed by atoms with Gasteiger partial charge in [-0.25, -0.2) is 0 Å². The Kier molecular flexibility index (Phi) is 10.1. The van der Waals surface area contributed by atoms with Gasteiger partial charge in [0.2, 0.25) is 11.8 Å². The fraction of sp³-hybridized carbons (Fsp3) is 0.312. The topological polar surface area (TPSA) is 65.6 Å². The molecule has 0 aliphatic heterocycles. The van der Waals surface area contributed by atoms with E-state index in [1.165, 1.54) is 10.9 Å². The Morgan fingerprint density at radius 1 is 0.789 bits per heavy atom. The first-order valence-electron chi connectivity index (χ1n) is 13.4. The first-order valence-corrected chi connectivity index (χ1v) is 13.4. The van der Waals surface area contributed by atoms with Crippen LogP contribution in [-0.4, -0.2) is 52.8 Å². The molecule has 2 amide bonds. The molecule has 0 bridgehead atoms. The SMILES string of the molecule is CCCCN(CC(=O)N(CCc1c[nH]c2ccccc12)Cc1ccccc1)C(=O)COCc1ccccc1. The second-order valence-electron chi connectivity index (χ2n) is 9.56. The Hall–Kier alpha value is -3.90. The van der Waals surface area contributed by atoms with Crippen molar-refractivity contribution in [2.24, 2.45) is 0 Å². The van der Waals surface area contributed by atoms with Gasteiger partial charge in [0.1, 0.15) is 6.61 Å². The summed E-state index contributed by atoms with van der Waals surface area (Å²) >= 11 is 0. The molecule has 1 aromatic heterocycles. The molecule has 0 atom stereocenters. The number of rotatable bonds is 14. The zero-order chi connectivity index (χ0) is 26.6. The summed E-state index contributed by atoms with van der Waals surface area (Å²) in [6.45, 7) is 4.07. The van der Waals surface area contributed by atoms with Crippen molar-refractivity contribution in [1.29, 1.82) is 0 Å². The summed E-state index contributed by atoms with van der Waals surface area (Å²) in [5.41, 5.74) is 4.36. The summed E-state index contributed by atoms with van der Waals surface area (Å²) in [4.78, 5) is 33.5. The monoisotopic (exact) mass is 511 g/mol. The van der Waals surface area contributed by atoms with Crippen LogP contribution in [-0.2, 0) is 33.9 Å². The molecule has 0 unspecified atom stereocenters. The molecule has 1 heterocycles. The maximum absolute atomic E-state index is 13.6. The molecule has 6 nitrogen and oxygen atoms in total. The molecule has 0 aliphatic rings. The minimum Gasteiger partial charge on any atom is -0.367 e. The molecule has 38 heavy (non-hydrogen) atoms. The highest BCUT2D eigenvalue weighted by Crippen LogP contribution is 2.19. The van der Waals surface area contributed by atoms with Crippen LogP contribution in [0.4, 0.5) is 0 Å². The third-order valence-corrected chi connectivity index (χ3v) is 6.69. The van der Waals surface area contributed by atoms with Gasteiger partial charge < -0.3 is 19.5 Å². The van der Waals surface area contributed by atoms with Crippen LogP contribution in [0.15, 0.2) is 91.1 Å². The summed E-state index contributed by atoms with van der Waals surface area (Å²) in [5.74, 6) is -0.208. The molecule has 4 aromatic rings. The number of H-pyrrole nitrogens is 1. The van der Waals surface area contributed by atoms with Crippen molar-refractivity contribution in [3.05, 3.63) is 108 Å². The van der Waals surface area contributed by atoms with Gasteiger partial charge in [0.05, 0.1) is 13.2 Å². The van der Waals surface area contributed by atoms with E-state index in [4.69, 9.17) is 4.74 Å². The number of fused-ring (bicyclic) bond motifs is 1. The van der Waals surface area contributed by atoms with E-state index in [0.29, 0.717) is 26.2 Å². The van der Waals surface area contributed by atoms with Gasteiger partial charge in [0.15, 0.2) is 0 Å². The van der Waals surface area contributed by atoms with E-state index >= 15 is 0 Å². The molecular weight excluding hydrogens is 474 g/mol. The van der Waals surface area contributed by atoms with Gasteiger partial charge in [-0.3, -0.25) is 9.59 Å². The van der Waals surface area contributed by atoms with E-state index in [1.54, 1.807) is 4.90 Å². The van der Waals surface area contributed by atoms with Crippen molar-refractivity contribution in [3.63, 3.8) is 0 Å². The van der Waals surface area contributed by atoms with Crippen LogP contribution >= 0.6 is 0 Å². The van der Waals surface area contributed by atoms with Gasteiger partial charge in [0.25, 0.3) is 0 Å². The number of nitrogens with zero attached hydrogens (tertiary/aromatic N) is 2. The first kappa shape index (κ1) is 27.1. The third-order valence-electron chi connectivity index (χ3n) is 6.69. The molecule has 4 rings (SSSR count). The molecule has 198 valence electrons. The first-order chi connectivity index (χ1) is 18.6. The van der Waals surface area contributed by atoms with Gasteiger partial charge in [-0.05, 0) is 35.6 Å². The predicted octanol–water partition coefficient (Wildman–Crippen LogP) is 5.58. The van der Waals surface area contributed by atoms with E-state index in [0.717, 1.165) is 35.9 Å². The normalized spacial score (nSPS) is 11.0. The number of amides is 2.